The van der Waals surface area contributed by atoms with Crippen LogP contribution in [0.15, 0.2) is 95.9 Å². The molecule has 3 rings (SSSR count). The summed E-state index contributed by atoms with van der Waals surface area (Å²) in [6.45, 7) is 2.32. The molecule has 110 valence electrons. The van der Waals surface area contributed by atoms with E-state index in [0.717, 1.165) is 0 Å². The van der Waals surface area contributed by atoms with Gasteiger partial charge in [0.1, 0.15) is 0 Å². The Labute approximate surface area is 137 Å². The highest BCUT2D eigenvalue weighted by atomic mass is 32.2. The van der Waals surface area contributed by atoms with Gasteiger partial charge in [0.05, 0.1) is 0 Å². The zero-order valence-corrected chi connectivity index (χ0v) is 13.5. The van der Waals surface area contributed by atoms with E-state index in [-0.39, 0.29) is 0 Å². The molecule has 1 heteroatoms. The Kier molecular flexibility index (Phi) is 4.97. The van der Waals surface area contributed by atoms with Crippen molar-refractivity contribution >= 4 is 11.8 Å². The molecule has 0 aliphatic heterocycles. The van der Waals surface area contributed by atoms with E-state index >= 15 is 0 Å². The lowest BCUT2D eigenvalue weighted by Gasteiger charge is -2.24. The molecule has 0 aliphatic rings. The van der Waals surface area contributed by atoms with Crippen LogP contribution in [0.5, 0.6) is 0 Å². The fourth-order valence-corrected chi connectivity index (χ4v) is 3.94. The van der Waals surface area contributed by atoms with E-state index in [2.05, 4.69) is 97.9 Å². The number of benzene rings is 3. The van der Waals surface area contributed by atoms with Gasteiger partial charge < -0.3 is 0 Å². The molecule has 0 heterocycles. The van der Waals surface area contributed by atoms with E-state index in [1.54, 1.807) is 0 Å². The van der Waals surface area contributed by atoms with Gasteiger partial charge in [-0.05, 0) is 29.2 Å². The minimum absolute atomic E-state index is 0.408. The van der Waals surface area contributed by atoms with Crippen molar-refractivity contribution in [3.05, 3.63) is 102 Å². The molecule has 0 amide bonds. The minimum Gasteiger partial charge on any atom is -0.117 e. The molecule has 0 saturated carbocycles. The Bertz CT molecular complexity index is 677. The second-order valence-electron chi connectivity index (χ2n) is 5.46. The predicted molar refractivity (Wildman–Crippen MR) is 96.3 cm³/mol. The molecule has 0 bridgehead atoms. The summed E-state index contributed by atoms with van der Waals surface area (Å²) in [6, 6.07) is 32.3. The average Bonchev–Trinajstić information content (AvgIpc) is 2.61. The van der Waals surface area contributed by atoms with Crippen molar-refractivity contribution < 1.29 is 0 Å². The van der Waals surface area contributed by atoms with Crippen LogP contribution in [-0.4, -0.2) is 0 Å². The van der Waals surface area contributed by atoms with Crippen LogP contribution >= 0.6 is 11.8 Å². The van der Waals surface area contributed by atoms with E-state index in [0.29, 0.717) is 11.2 Å². The third-order valence-electron chi connectivity index (χ3n) is 3.91. The van der Waals surface area contributed by atoms with Crippen molar-refractivity contribution in [2.45, 2.75) is 23.0 Å². The molecule has 3 aromatic carbocycles. The van der Waals surface area contributed by atoms with Gasteiger partial charge in [-0.3, -0.25) is 0 Å². The SMILES string of the molecule is CC(c1ccccc1)C(Sc1ccccc1)c1ccccc1. The quantitative estimate of drug-likeness (QED) is 0.497. The minimum atomic E-state index is 0.408. The van der Waals surface area contributed by atoms with Crippen molar-refractivity contribution in [1.29, 1.82) is 0 Å². The molecule has 0 aromatic heterocycles. The van der Waals surface area contributed by atoms with E-state index in [4.69, 9.17) is 0 Å². The third-order valence-corrected chi connectivity index (χ3v) is 5.39. The van der Waals surface area contributed by atoms with Gasteiger partial charge >= 0.3 is 0 Å². The molecule has 0 aliphatic carbocycles. The van der Waals surface area contributed by atoms with Crippen LogP contribution in [0.1, 0.15) is 29.2 Å². The fourth-order valence-electron chi connectivity index (χ4n) is 2.68. The van der Waals surface area contributed by atoms with E-state index in [9.17, 15) is 0 Å². The highest BCUT2D eigenvalue weighted by molar-refractivity contribution is 7.99. The molecule has 0 fully saturated rings. The Hall–Kier alpha value is -1.99. The first kappa shape index (κ1) is 14.9. The number of hydrogen-bond acceptors (Lipinski definition) is 1. The molecule has 2 atom stereocenters. The van der Waals surface area contributed by atoms with Crippen LogP contribution in [-0.2, 0) is 0 Å². The Morgan fingerprint density at radius 1 is 0.591 bits per heavy atom. The summed E-state index contributed by atoms with van der Waals surface area (Å²) in [7, 11) is 0. The molecule has 3 aromatic rings. The predicted octanol–water partition coefficient (Wildman–Crippen LogP) is 6.32. The van der Waals surface area contributed by atoms with Gasteiger partial charge in [-0.15, -0.1) is 11.8 Å². The topological polar surface area (TPSA) is 0 Å². The lowest BCUT2D eigenvalue weighted by molar-refractivity contribution is 0.741. The smallest absolute Gasteiger partial charge is 0.0410 e. The number of thioether (sulfide) groups is 1. The zero-order chi connectivity index (χ0) is 15.2. The monoisotopic (exact) mass is 304 g/mol. The summed E-state index contributed by atoms with van der Waals surface area (Å²) in [5.41, 5.74) is 2.77. The van der Waals surface area contributed by atoms with E-state index < -0.39 is 0 Å². The van der Waals surface area contributed by atoms with Crippen molar-refractivity contribution in [2.75, 3.05) is 0 Å². The van der Waals surface area contributed by atoms with E-state index in [1.165, 1.54) is 16.0 Å². The molecular formula is C21H20S. The standard InChI is InChI=1S/C21H20S/c1-17(18-11-5-2-6-12-18)21(19-13-7-3-8-14-19)22-20-15-9-4-10-16-20/h2-17,21H,1H3. The lowest BCUT2D eigenvalue weighted by atomic mass is 9.93. The van der Waals surface area contributed by atoms with Crippen LogP contribution in [0.2, 0.25) is 0 Å². The number of rotatable bonds is 5. The van der Waals surface area contributed by atoms with Crippen molar-refractivity contribution in [3.8, 4) is 0 Å². The maximum absolute atomic E-state index is 2.32. The molecule has 2 unspecified atom stereocenters. The normalized spacial score (nSPS) is 13.5. The Balaban J connectivity index is 1.93. The van der Waals surface area contributed by atoms with Gasteiger partial charge in [-0.1, -0.05) is 85.8 Å². The molecule has 0 saturated heterocycles. The summed E-state index contributed by atoms with van der Waals surface area (Å²) in [5.74, 6) is 0.453. The van der Waals surface area contributed by atoms with Crippen LogP contribution in [0.3, 0.4) is 0 Å². The van der Waals surface area contributed by atoms with Gasteiger partial charge in [0, 0.05) is 10.1 Å². The first-order chi connectivity index (χ1) is 10.8. The first-order valence-corrected chi connectivity index (χ1v) is 8.54. The second-order valence-corrected chi connectivity index (χ2v) is 6.68. The van der Waals surface area contributed by atoms with Crippen molar-refractivity contribution in [3.63, 3.8) is 0 Å². The van der Waals surface area contributed by atoms with Crippen molar-refractivity contribution in [1.82, 2.24) is 0 Å². The van der Waals surface area contributed by atoms with Gasteiger partial charge in [0.15, 0.2) is 0 Å². The average molecular weight is 304 g/mol. The van der Waals surface area contributed by atoms with Crippen LogP contribution < -0.4 is 0 Å². The highest BCUT2D eigenvalue weighted by Gasteiger charge is 2.21. The summed E-state index contributed by atoms with van der Waals surface area (Å²) >= 11 is 1.94. The largest absolute Gasteiger partial charge is 0.117 e. The van der Waals surface area contributed by atoms with Gasteiger partial charge in [-0.2, -0.15) is 0 Å². The first-order valence-electron chi connectivity index (χ1n) is 7.66. The second kappa shape index (κ2) is 7.33. The van der Waals surface area contributed by atoms with Gasteiger partial charge in [0.25, 0.3) is 0 Å². The lowest BCUT2D eigenvalue weighted by Crippen LogP contribution is -2.05. The summed E-state index contributed by atoms with van der Waals surface area (Å²) in [6.07, 6.45) is 0. The summed E-state index contributed by atoms with van der Waals surface area (Å²) in [4.78, 5) is 1.32. The Morgan fingerprint density at radius 2 is 1.05 bits per heavy atom. The van der Waals surface area contributed by atoms with Crippen LogP contribution in [0.25, 0.3) is 0 Å². The maximum atomic E-state index is 2.32. The fraction of sp³-hybridized carbons (Fsp3) is 0.143. The van der Waals surface area contributed by atoms with Gasteiger partial charge in [-0.25, -0.2) is 0 Å². The molecule has 22 heavy (non-hydrogen) atoms. The molecule has 0 nitrogen and oxygen atoms in total. The Morgan fingerprint density at radius 3 is 1.59 bits per heavy atom. The molecule has 0 spiro atoms. The van der Waals surface area contributed by atoms with Crippen molar-refractivity contribution in [2.24, 2.45) is 0 Å². The maximum Gasteiger partial charge on any atom is 0.0410 e. The zero-order valence-electron chi connectivity index (χ0n) is 12.7. The van der Waals surface area contributed by atoms with Crippen LogP contribution in [0, 0.1) is 0 Å². The van der Waals surface area contributed by atoms with Gasteiger partial charge in [0.2, 0.25) is 0 Å². The molecular weight excluding hydrogens is 284 g/mol. The molecule has 0 N–H and O–H groups in total. The molecule has 0 radical (unpaired) electrons. The highest BCUT2D eigenvalue weighted by Crippen LogP contribution is 2.44. The summed E-state index contributed by atoms with van der Waals surface area (Å²) < 4.78 is 0. The van der Waals surface area contributed by atoms with E-state index in [1.807, 2.05) is 11.8 Å². The third kappa shape index (κ3) is 3.61. The van der Waals surface area contributed by atoms with Crippen LogP contribution in [0.4, 0.5) is 0 Å². The summed E-state index contributed by atoms with van der Waals surface area (Å²) in [5, 5.41) is 0.408. The number of hydrogen-bond donors (Lipinski definition) is 0.